The number of nitrogen functional groups attached to an aromatic ring is 1. The minimum atomic E-state index is 0.575. The molecule has 5 heteroatoms. The number of nitrogens with two attached hydrogens (primary N) is 1. The molecular formula is C21H21N5. The summed E-state index contributed by atoms with van der Waals surface area (Å²) in [5, 5.41) is 10.7. The fourth-order valence-electron chi connectivity index (χ4n) is 2.60. The smallest absolute Gasteiger partial charge is 0.161 e. The van der Waals surface area contributed by atoms with Gasteiger partial charge >= 0.3 is 0 Å². The van der Waals surface area contributed by atoms with Crippen LogP contribution in [-0.2, 0) is 0 Å². The van der Waals surface area contributed by atoms with Crippen molar-refractivity contribution in [2.45, 2.75) is 13.8 Å². The summed E-state index contributed by atoms with van der Waals surface area (Å²) in [6, 6.07) is 13.6. The third-order valence-electron chi connectivity index (χ3n) is 3.98. The van der Waals surface area contributed by atoms with Crippen LogP contribution < -0.4 is 11.1 Å². The highest BCUT2D eigenvalue weighted by Gasteiger charge is 2.08. The zero-order valence-electron chi connectivity index (χ0n) is 14.8. The zero-order valence-corrected chi connectivity index (χ0v) is 14.8. The van der Waals surface area contributed by atoms with Crippen LogP contribution in [0.15, 0.2) is 54.7 Å². The Bertz CT molecular complexity index is 976. The van der Waals surface area contributed by atoms with Gasteiger partial charge < -0.3 is 16.5 Å². The summed E-state index contributed by atoms with van der Waals surface area (Å²) >= 11 is 0. The van der Waals surface area contributed by atoms with Crippen LogP contribution in [0.25, 0.3) is 17.5 Å². The molecule has 1 aromatic heterocycles. The van der Waals surface area contributed by atoms with Gasteiger partial charge in [-0.3, -0.25) is 0 Å². The fraction of sp³-hybridized carbons (Fsp3) is 0.0952. The molecule has 3 aromatic rings. The molecule has 0 saturated heterocycles. The van der Waals surface area contributed by atoms with E-state index >= 15 is 0 Å². The number of nitrogens with one attached hydrogen (secondary N) is 2. The van der Waals surface area contributed by atoms with Crippen molar-refractivity contribution in [3.05, 3.63) is 71.4 Å². The van der Waals surface area contributed by atoms with E-state index < -0.39 is 0 Å². The van der Waals surface area contributed by atoms with Gasteiger partial charge in [0, 0.05) is 40.5 Å². The van der Waals surface area contributed by atoms with Gasteiger partial charge in [0.2, 0.25) is 0 Å². The standard InChI is InChI=1S/C21H21N5/c1-3-5-15-6-4-7-16(10-15)21-24-13-14(2)20(26-21)25-18-8-9-19(23)17(11-18)12-22/h3-13,22H,23H2,1-2H3,(H,24,25,26)/b5-3+,22-12?. The molecule has 0 atom stereocenters. The maximum atomic E-state index is 7.44. The molecule has 0 spiro atoms. The van der Waals surface area contributed by atoms with Crippen LogP contribution >= 0.6 is 0 Å². The summed E-state index contributed by atoms with van der Waals surface area (Å²) in [6.07, 6.45) is 7.10. The number of benzene rings is 2. The fourth-order valence-corrected chi connectivity index (χ4v) is 2.60. The molecule has 0 saturated carbocycles. The van der Waals surface area contributed by atoms with Gasteiger partial charge in [-0.05, 0) is 43.7 Å². The topological polar surface area (TPSA) is 87.7 Å². The second kappa shape index (κ2) is 7.61. The molecule has 4 N–H and O–H groups in total. The Labute approximate surface area is 153 Å². The molecule has 3 rings (SSSR count). The van der Waals surface area contributed by atoms with Gasteiger partial charge in [0.05, 0.1) is 0 Å². The van der Waals surface area contributed by atoms with E-state index in [-0.39, 0.29) is 0 Å². The lowest BCUT2D eigenvalue weighted by Crippen LogP contribution is -2.01. The maximum absolute atomic E-state index is 7.44. The summed E-state index contributed by atoms with van der Waals surface area (Å²) in [5.74, 6) is 1.39. The van der Waals surface area contributed by atoms with Gasteiger partial charge in [-0.2, -0.15) is 0 Å². The van der Waals surface area contributed by atoms with E-state index in [0.717, 1.165) is 28.2 Å². The lowest BCUT2D eigenvalue weighted by molar-refractivity contribution is 1.14. The Kier molecular flexibility index (Phi) is 5.08. The highest BCUT2D eigenvalue weighted by Crippen LogP contribution is 2.24. The number of allylic oxidation sites excluding steroid dienone is 1. The Morgan fingerprint density at radius 2 is 2.00 bits per heavy atom. The molecular weight excluding hydrogens is 322 g/mol. The Hall–Kier alpha value is -3.47. The first-order valence-electron chi connectivity index (χ1n) is 8.34. The number of rotatable bonds is 5. The average Bonchev–Trinajstić information content (AvgIpc) is 2.65. The van der Waals surface area contributed by atoms with Gasteiger partial charge in [0.25, 0.3) is 0 Å². The van der Waals surface area contributed by atoms with Gasteiger partial charge in [-0.1, -0.05) is 30.4 Å². The van der Waals surface area contributed by atoms with Gasteiger partial charge in [0.1, 0.15) is 5.82 Å². The quantitative estimate of drug-likeness (QED) is 0.458. The SMILES string of the molecule is C/C=C/c1cccc(-c2ncc(C)c(Nc3ccc(N)c(C=N)c3)n2)c1. The molecule has 0 radical (unpaired) electrons. The molecule has 5 nitrogen and oxygen atoms in total. The minimum absolute atomic E-state index is 0.575. The molecule has 0 aliphatic carbocycles. The van der Waals surface area contributed by atoms with Crippen molar-refractivity contribution in [3.63, 3.8) is 0 Å². The lowest BCUT2D eigenvalue weighted by atomic mass is 10.1. The highest BCUT2D eigenvalue weighted by molar-refractivity contribution is 5.87. The minimum Gasteiger partial charge on any atom is -0.398 e. The molecule has 26 heavy (non-hydrogen) atoms. The molecule has 2 aromatic carbocycles. The second-order valence-electron chi connectivity index (χ2n) is 5.96. The Morgan fingerprint density at radius 1 is 1.15 bits per heavy atom. The first-order chi connectivity index (χ1) is 12.6. The molecule has 0 aliphatic rings. The summed E-state index contributed by atoms with van der Waals surface area (Å²) < 4.78 is 0. The number of hydrogen-bond acceptors (Lipinski definition) is 5. The van der Waals surface area contributed by atoms with E-state index in [0.29, 0.717) is 17.1 Å². The summed E-state index contributed by atoms with van der Waals surface area (Å²) in [6.45, 7) is 3.95. The van der Waals surface area contributed by atoms with Crippen molar-refractivity contribution >= 4 is 29.5 Å². The van der Waals surface area contributed by atoms with Crippen LogP contribution in [-0.4, -0.2) is 16.2 Å². The maximum Gasteiger partial charge on any atom is 0.161 e. The van der Waals surface area contributed by atoms with E-state index in [2.05, 4.69) is 21.4 Å². The lowest BCUT2D eigenvalue weighted by Gasteiger charge is -2.11. The van der Waals surface area contributed by atoms with Crippen LogP contribution in [0, 0.1) is 12.3 Å². The molecule has 0 aliphatic heterocycles. The number of aromatic nitrogens is 2. The number of nitrogens with zero attached hydrogens (tertiary/aromatic N) is 2. The van der Waals surface area contributed by atoms with Crippen molar-refractivity contribution in [3.8, 4) is 11.4 Å². The predicted molar refractivity (Wildman–Crippen MR) is 109 cm³/mol. The third-order valence-corrected chi connectivity index (χ3v) is 3.98. The summed E-state index contributed by atoms with van der Waals surface area (Å²) in [5.41, 5.74) is 10.9. The van der Waals surface area contributed by atoms with E-state index in [1.54, 1.807) is 6.07 Å². The van der Waals surface area contributed by atoms with Crippen LogP contribution in [0.5, 0.6) is 0 Å². The van der Waals surface area contributed by atoms with E-state index in [9.17, 15) is 0 Å². The van der Waals surface area contributed by atoms with Gasteiger partial charge in [-0.25, -0.2) is 9.97 Å². The van der Waals surface area contributed by atoms with E-state index in [4.69, 9.17) is 11.1 Å². The van der Waals surface area contributed by atoms with Crippen LogP contribution in [0.3, 0.4) is 0 Å². The number of aryl methyl sites for hydroxylation is 1. The average molecular weight is 343 g/mol. The van der Waals surface area contributed by atoms with E-state index in [1.807, 2.05) is 62.5 Å². The first kappa shape index (κ1) is 17.4. The molecule has 0 bridgehead atoms. The molecule has 0 unspecified atom stereocenters. The number of hydrogen-bond donors (Lipinski definition) is 3. The molecule has 1 heterocycles. The highest BCUT2D eigenvalue weighted by atomic mass is 15.0. The normalized spacial score (nSPS) is 10.8. The first-order valence-corrected chi connectivity index (χ1v) is 8.34. The monoisotopic (exact) mass is 343 g/mol. The van der Waals surface area contributed by atoms with Crippen molar-refractivity contribution < 1.29 is 0 Å². The Morgan fingerprint density at radius 3 is 2.77 bits per heavy atom. The van der Waals surface area contributed by atoms with Crippen molar-refractivity contribution in [1.29, 1.82) is 5.41 Å². The predicted octanol–water partition coefficient (Wildman–Crippen LogP) is 4.81. The van der Waals surface area contributed by atoms with Crippen molar-refractivity contribution in [2.24, 2.45) is 0 Å². The van der Waals surface area contributed by atoms with Crippen LogP contribution in [0.1, 0.15) is 23.6 Å². The zero-order chi connectivity index (χ0) is 18.5. The van der Waals surface area contributed by atoms with Crippen LogP contribution in [0.4, 0.5) is 17.2 Å². The Balaban J connectivity index is 1.95. The summed E-state index contributed by atoms with van der Waals surface area (Å²) in [4.78, 5) is 9.15. The van der Waals surface area contributed by atoms with Gasteiger partial charge in [0.15, 0.2) is 5.82 Å². The third kappa shape index (κ3) is 3.78. The second-order valence-corrected chi connectivity index (χ2v) is 5.96. The summed E-state index contributed by atoms with van der Waals surface area (Å²) in [7, 11) is 0. The van der Waals surface area contributed by atoms with E-state index in [1.165, 1.54) is 6.21 Å². The van der Waals surface area contributed by atoms with Crippen LogP contribution in [0.2, 0.25) is 0 Å². The van der Waals surface area contributed by atoms with Crippen molar-refractivity contribution in [2.75, 3.05) is 11.1 Å². The molecule has 130 valence electrons. The number of anilines is 3. The molecule has 0 amide bonds. The largest absolute Gasteiger partial charge is 0.398 e. The van der Waals surface area contributed by atoms with Gasteiger partial charge in [-0.15, -0.1) is 0 Å². The molecule has 0 fully saturated rings. The van der Waals surface area contributed by atoms with Crippen molar-refractivity contribution in [1.82, 2.24) is 9.97 Å².